The van der Waals surface area contributed by atoms with E-state index in [4.69, 9.17) is 0 Å². The average Bonchev–Trinajstić information content (AvgIpc) is 2.39. The standard InChI is InChI=1S/C8H8F10O6S2/c9-5(10,11)7(15,16)25(19,20)23-3-1-2-4-24-26(21,22)8(17,18)6(12,13)14/h1-4H2. The first-order valence-electron chi connectivity index (χ1n) is 5.88. The van der Waals surface area contributed by atoms with Gasteiger partial charge in [-0.2, -0.15) is 60.7 Å². The predicted molar refractivity (Wildman–Crippen MR) is 61.0 cm³/mol. The molecular weight excluding hydrogens is 446 g/mol. The van der Waals surface area contributed by atoms with Crippen molar-refractivity contribution in [2.45, 2.75) is 35.7 Å². The van der Waals surface area contributed by atoms with Crippen LogP contribution >= 0.6 is 0 Å². The summed E-state index contributed by atoms with van der Waals surface area (Å²) in [6, 6.07) is 0. The molecule has 0 heterocycles. The third kappa shape index (κ3) is 5.32. The highest BCUT2D eigenvalue weighted by Gasteiger charge is 2.69. The van der Waals surface area contributed by atoms with Gasteiger partial charge < -0.3 is 0 Å². The van der Waals surface area contributed by atoms with Crippen molar-refractivity contribution in [3.63, 3.8) is 0 Å². The Bertz CT molecular complexity index is 617. The summed E-state index contributed by atoms with van der Waals surface area (Å²) in [7, 11) is -12.9. The minimum absolute atomic E-state index is 0.833. The zero-order valence-corrected chi connectivity index (χ0v) is 13.5. The number of halogens is 10. The monoisotopic (exact) mass is 454 g/mol. The Morgan fingerprint density at radius 2 is 0.769 bits per heavy atom. The highest BCUT2D eigenvalue weighted by atomic mass is 32.2. The summed E-state index contributed by atoms with van der Waals surface area (Å²) in [4.78, 5) is 0. The van der Waals surface area contributed by atoms with Gasteiger partial charge in [0.05, 0.1) is 13.2 Å². The first-order chi connectivity index (χ1) is 11.2. The van der Waals surface area contributed by atoms with Crippen LogP contribution in [0.15, 0.2) is 0 Å². The molecule has 0 aliphatic heterocycles. The maximum atomic E-state index is 12.6. The van der Waals surface area contributed by atoms with Gasteiger partial charge in [-0.3, -0.25) is 8.37 Å². The summed E-state index contributed by atoms with van der Waals surface area (Å²) in [5, 5.41) is -12.5. The fourth-order valence-corrected chi connectivity index (χ4v) is 2.51. The Balaban J connectivity index is 4.56. The smallest absolute Gasteiger partial charge is 0.265 e. The molecule has 0 aromatic rings. The molecule has 0 N–H and O–H groups in total. The van der Waals surface area contributed by atoms with Crippen LogP contribution in [0, 0.1) is 0 Å². The largest absolute Gasteiger partial charge is 0.472 e. The molecule has 0 amide bonds. The normalized spacial score (nSPS) is 15.3. The lowest BCUT2D eigenvalue weighted by molar-refractivity contribution is -0.244. The van der Waals surface area contributed by atoms with Gasteiger partial charge in [0.1, 0.15) is 0 Å². The van der Waals surface area contributed by atoms with E-state index >= 15 is 0 Å². The van der Waals surface area contributed by atoms with E-state index in [1.807, 2.05) is 0 Å². The van der Waals surface area contributed by atoms with E-state index in [2.05, 4.69) is 8.37 Å². The lowest BCUT2D eigenvalue weighted by Crippen LogP contribution is -2.45. The maximum Gasteiger partial charge on any atom is 0.472 e. The number of unbranched alkanes of at least 4 members (excludes halogenated alkanes) is 1. The molecule has 0 aliphatic rings. The molecular formula is C8H8F10O6S2. The van der Waals surface area contributed by atoms with Crippen LogP contribution < -0.4 is 0 Å². The molecule has 0 rings (SSSR count). The first kappa shape index (κ1) is 25.1. The van der Waals surface area contributed by atoms with Gasteiger partial charge in [-0.05, 0) is 12.8 Å². The fourth-order valence-electron chi connectivity index (χ4n) is 0.973. The molecule has 158 valence electrons. The second-order valence-corrected chi connectivity index (χ2v) is 7.60. The molecule has 0 unspecified atom stereocenters. The SMILES string of the molecule is O=S(=O)(OCCCCOS(=O)(=O)C(F)(F)C(F)(F)F)C(F)(F)C(F)(F)F. The van der Waals surface area contributed by atoms with Crippen LogP contribution in [0.4, 0.5) is 43.9 Å². The zero-order valence-electron chi connectivity index (χ0n) is 11.9. The van der Waals surface area contributed by atoms with E-state index in [1.54, 1.807) is 0 Å². The van der Waals surface area contributed by atoms with E-state index in [1.165, 1.54) is 0 Å². The zero-order chi connectivity index (χ0) is 21.2. The summed E-state index contributed by atoms with van der Waals surface area (Å²) in [6.45, 7) is -2.76. The van der Waals surface area contributed by atoms with Crippen LogP contribution in [0.5, 0.6) is 0 Å². The molecule has 0 atom stereocenters. The average molecular weight is 454 g/mol. The van der Waals surface area contributed by atoms with Gasteiger partial charge in [-0.25, -0.2) is 0 Å². The molecule has 0 saturated carbocycles. The van der Waals surface area contributed by atoms with Crippen LogP contribution in [-0.2, 0) is 28.6 Å². The van der Waals surface area contributed by atoms with Gasteiger partial charge in [0.15, 0.2) is 0 Å². The Morgan fingerprint density at radius 3 is 0.962 bits per heavy atom. The highest BCUT2D eigenvalue weighted by molar-refractivity contribution is 7.88. The minimum atomic E-state index is -6.49. The van der Waals surface area contributed by atoms with Crippen molar-refractivity contribution in [3.05, 3.63) is 0 Å². The molecule has 0 radical (unpaired) electrons. The predicted octanol–water partition coefficient (Wildman–Crippen LogP) is 2.77. The van der Waals surface area contributed by atoms with Gasteiger partial charge in [0, 0.05) is 0 Å². The van der Waals surface area contributed by atoms with Crippen LogP contribution in [0.25, 0.3) is 0 Å². The lowest BCUT2D eigenvalue weighted by atomic mass is 10.3. The lowest BCUT2D eigenvalue weighted by Gasteiger charge is -2.19. The summed E-state index contributed by atoms with van der Waals surface area (Å²) in [6.07, 6.45) is -14.7. The summed E-state index contributed by atoms with van der Waals surface area (Å²) >= 11 is 0. The van der Waals surface area contributed by atoms with Crippen molar-refractivity contribution in [1.29, 1.82) is 0 Å². The molecule has 18 heteroatoms. The van der Waals surface area contributed by atoms with Crippen LogP contribution in [0.3, 0.4) is 0 Å². The fraction of sp³-hybridized carbons (Fsp3) is 1.00. The van der Waals surface area contributed by atoms with Gasteiger partial charge in [0.25, 0.3) is 0 Å². The van der Waals surface area contributed by atoms with E-state index in [0.717, 1.165) is 0 Å². The number of rotatable bonds is 9. The molecule has 0 fully saturated rings. The number of hydrogen-bond acceptors (Lipinski definition) is 6. The molecule has 0 aromatic carbocycles. The quantitative estimate of drug-likeness (QED) is 0.303. The van der Waals surface area contributed by atoms with E-state index in [0.29, 0.717) is 0 Å². The summed E-state index contributed by atoms with van der Waals surface area (Å²) in [5.74, 6) is 0. The summed E-state index contributed by atoms with van der Waals surface area (Å²) < 4.78 is 171. The molecule has 0 aromatic heterocycles. The highest BCUT2D eigenvalue weighted by Crippen LogP contribution is 2.41. The van der Waals surface area contributed by atoms with Crippen molar-refractivity contribution < 1.29 is 69.1 Å². The van der Waals surface area contributed by atoms with Crippen LogP contribution in [0.1, 0.15) is 12.8 Å². The Kier molecular flexibility index (Phi) is 7.37. The first-order valence-corrected chi connectivity index (χ1v) is 8.69. The maximum absolute atomic E-state index is 12.6. The third-order valence-electron chi connectivity index (χ3n) is 2.30. The molecule has 6 nitrogen and oxygen atoms in total. The van der Waals surface area contributed by atoms with Gasteiger partial charge in [-0.15, -0.1) is 0 Å². The van der Waals surface area contributed by atoms with E-state index in [9.17, 15) is 60.7 Å². The van der Waals surface area contributed by atoms with Crippen molar-refractivity contribution in [2.75, 3.05) is 13.2 Å². The Labute approximate surface area is 139 Å². The summed E-state index contributed by atoms with van der Waals surface area (Å²) in [5.41, 5.74) is 0. The van der Waals surface area contributed by atoms with E-state index in [-0.39, 0.29) is 0 Å². The Hall–Kier alpha value is -0.880. The molecule has 0 bridgehead atoms. The van der Waals surface area contributed by atoms with Crippen LogP contribution in [0.2, 0.25) is 0 Å². The molecule has 26 heavy (non-hydrogen) atoms. The van der Waals surface area contributed by atoms with E-state index < -0.39 is 69.2 Å². The Morgan fingerprint density at radius 1 is 0.538 bits per heavy atom. The second-order valence-electron chi connectivity index (χ2n) is 4.29. The van der Waals surface area contributed by atoms with Crippen molar-refractivity contribution in [3.8, 4) is 0 Å². The number of hydrogen-bond donors (Lipinski definition) is 0. The van der Waals surface area contributed by atoms with Gasteiger partial charge in [-0.1, -0.05) is 0 Å². The number of alkyl halides is 10. The minimum Gasteiger partial charge on any atom is -0.265 e. The molecule has 0 aliphatic carbocycles. The van der Waals surface area contributed by atoms with Gasteiger partial charge >= 0.3 is 43.1 Å². The molecule has 0 saturated heterocycles. The van der Waals surface area contributed by atoms with Crippen molar-refractivity contribution in [1.82, 2.24) is 0 Å². The molecule has 0 spiro atoms. The van der Waals surface area contributed by atoms with Crippen molar-refractivity contribution in [2.24, 2.45) is 0 Å². The van der Waals surface area contributed by atoms with Gasteiger partial charge in [0.2, 0.25) is 0 Å². The topological polar surface area (TPSA) is 86.7 Å². The van der Waals surface area contributed by atoms with Crippen molar-refractivity contribution >= 4 is 20.2 Å². The third-order valence-corrected chi connectivity index (χ3v) is 4.98. The second kappa shape index (κ2) is 7.63. The van der Waals surface area contributed by atoms with Crippen LogP contribution in [-0.4, -0.2) is 52.9 Å².